The lowest BCUT2D eigenvalue weighted by Crippen LogP contribution is -2.41. The minimum atomic E-state index is -4.20. The Hall–Kier alpha value is -3.79. The molecule has 0 unspecified atom stereocenters. The third-order valence-electron chi connectivity index (χ3n) is 4.69. The van der Waals surface area contributed by atoms with E-state index in [4.69, 9.17) is 0 Å². The van der Waals surface area contributed by atoms with E-state index in [0.717, 1.165) is 10.4 Å². The Labute approximate surface area is 184 Å². The summed E-state index contributed by atoms with van der Waals surface area (Å²) in [6.07, 6.45) is 0. The summed E-state index contributed by atoms with van der Waals surface area (Å²) in [7, 11) is -4.20. The number of nitrogens with zero attached hydrogens (tertiary/aromatic N) is 2. The van der Waals surface area contributed by atoms with Crippen LogP contribution in [0.2, 0.25) is 0 Å². The molecule has 3 aromatic rings. The Balaban J connectivity index is 1.92. The van der Waals surface area contributed by atoms with Crippen LogP contribution in [-0.4, -0.2) is 25.8 Å². The first kappa shape index (κ1) is 22.9. The van der Waals surface area contributed by atoms with E-state index in [2.05, 4.69) is 5.32 Å². The van der Waals surface area contributed by atoms with Crippen LogP contribution >= 0.6 is 0 Å². The average Bonchev–Trinajstić information content (AvgIpc) is 2.78. The van der Waals surface area contributed by atoms with Gasteiger partial charge in [0.15, 0.2) is 0 Å². The largest absolute Gasteiger partial charge is 0.348 e. The number of sulfonamides is 1. The van der Waals surface area contributed by atoms with Gasteiger partial charge in [-0.1, -0.05) is 36.4 Å². The van der Waals surface area contributed by atoms with Crippen LogP contribution in [0.25, 0.3) is 0 Å². The van der Waals surface area contributed by atoms with Crippen molar-refractivity contribution in [3.63, 3.8) is 0 Å². The van der Waals surface area contributed by atoms with Crippen molar-refractivity contribution >= 4 is 27.3 Å². The number of rotatable bonds is 8. The first-order valence-electron chi connectivity index (χ1n) is 9.55. The third kappa shape index (κ3) is 5.27. The van der Waals surface area contributed by atoms with Crippen molar-refractivity contribution in [1.29, 1.82) is 0 Å². The Bertz CT molecular complexity index is 1220. The minimum Gasteiger partial charge on any atom is -0.348 e. The van der Waals surface area contributed by atoms with Crippen LogP contribution in [0.1, 0.15) is 18.5 Å². The Morgan fingerprint density at radius 3 is 2.34 bits per heavy atom. The van der Waals surface area contributed by atoms with Gasteiger partial charge in [-0.25, -0.2) is 12.8 Å². The van der Waals surface area contributed by atoms with Crippen LogP contribution < -0.4 is 9.62 Å². The van der Waals surface area contributed by atoms with E-state index < -0.39 is 39.3 Å². The fourth-order valence-corrected chi connectivity index (χ4v) is 4.48. The number of amides is 1. The SMILES string of the molecule is C[C@@H](NC(=O)CN(c1cccc([N+](=O)[O-])c1)S(=O)(=O)c1ccccc1)c1ccc(F)cc1. The summed E-state index contributed by atoms with van der Waals surface area (Å²) in [6, 6.07) is 17.5. The molecule has 0 saturated heterocycles. The lowest BCUT2D eigenvalue weighted by Gasteiger charge is -2.25. The second-order valence-electron chi connectivity index (χ2n) is 6.94. The van der Waals surface area contributed by atoms with E-state index in [1.54, 1.807) is 13.0 Å². The predicted molar refractivity (Wildman–Crippen MR) is 117 cm³/mol. The molecule has 3 aromatic carbocycles. The van der Waals surface area contributed by atoms with Crippen LogP contribution in [0.15, 0.2) is 83.8 Å². The molecule has 1 atom stereocenters. The molecule has 3 rings (SSSR count). The Kier molecular flexibility index (Phi) is 6.84. The molecule has 0 aliphatic carbocycles. The monoisotopic (exact) mass is 457 g/mol. The van der Waals surface area contributed by atoms with E-state index in [9.17, 15) is 27.7 Å². The molecule has 8 nitrogen and oxygen atoms in total. The number of anilines is 1. The molecule has 1 amide bonds. The van der Waals surface area contributed by atoms with Gasteiger partial charge in [-0.2, -0.15) is 0 Å². The standard InChI is InChI=1S/C22H20FN3O5S/c1-16(17-10-12-18(23)13-11-17)24-22(27)15-25(19-6-5-7-20(14-19)26(28)29)32(30,31)21-8-3-2-4-9-21/h2-14,16H,15H2,1H3,(H,24,27)/t16-/m1/s1. The number of halogens is 1. The van der Waals surface area contributed by atoms with E-state index in [1.165, 1.54) is 66.7 Å². The summed E-state index contributed by atoms with van der Waals surface area (Å²) >= 11 is 0. The number of benzene rings is 3. The summed E-state index contributed by atoms with van der Waals surface area (Å²) in [5.41, 5.74) is 0.302. The van der Waals surface area contributed by atoms with Crippen molar-refractivity contribution in [2.45, 2.75) is 17.9 Å². The molecule has 1 N–H and O–H groups in total. The molecule has 0 aliphatic heterocycles. The van der Waals surface area contributed by atoms with E-state index in [0.29, 0.717) is 5.56 Å². The smallest absolute Gasteiger partial charge is 0.271 e. The van der Waals surface area contributed by atoms with Crippen LogP contribution in [0, 0.1) is 15.9 Å². The molecule has 0 fully saturated rings. The molecule has 0 saturated carbocycles. The number of nitrogens with one attached hydrogen (secondary N) is 1. The van der Waals surface area contributed by atoms with E-state index in [-0.39, 0.29) is 16.3 Å². The zero-order valence-corrected chi connectivity index (χ0v) is 17.8. The van der Waals surface area contributed by atoms with Crippen molar-refractivity contribution in [2.24, 2.45) is 0 Å². The molecule has 32 heavy (non-hydrogen) atoms. The highest BCUT2D eigenvalue weighted by Crippen LogP contribution is 2.27. The molecular weight excluding hydrogens is 437 g/mol. The summed E-state index contributed by atoms with van der Waals surface area (Å²) in [5.74, 6) is -1.05. The molecule has 0 aromatic heterocycles. The zero-order chi connectivity index (χ0) is 23.3. The van der Waals surface area contributed by atoms with Gasteiger partial charge in [0.2, 0.25) is 5.91 Å². The van der Waals surface area contributed by atoms with E-state index in [1.807, 2.05) is 0 Å². The number of hydrogen-bond acceptors (Lipinski definition) is 5. The molecule has 10 heteroatoms. The molecule has 166 valence electrons. The second-order valence-corrected chi connectivity index (χ2v) is 8.80. The zero-order valence-electron chi connectivity index (χ0n) is 17.0. The predicted octanol–water partition coefficient (Wildman–Crippen LogP) is 3.81. The highest BCUT2D eigenvalue weighted by atomic mass is 32.2. The molecular formula is C22H20FN3O5S. The maximum absolute atomic E-state index is 13.3. The first-order valence-corrected chi connectivity index (χ1v) is 11.0. The fraction of sp³-hybridized carbons (Fsp3) is 0.136. The van der Waals surface area contributed by atoms with Crippen LogP contribution in [0.4, 0.5) is 15.8 Å². The van der Waals surface area contributed by atoms with Crippen molar-refractivity contribution < 1.29 is 22.5 Å². The number of carbonyl (C=O) groups is 1. The topological polar surface area (TPSA) is 110 Å². The number of non-ortho nitro benzene ring substituents is 1. The van der Waals surface area contributed by atoms with Crippen LogP contribution in [0.3, 0.4) is 0 Å². The lowest BCUT2D eigenvalue weighted by molar-refractivity contribution is -0.384. The van der Waals surface area contributed by atoms with Gasteiger partial charge in [-0.15, -0.1) is 0 Å². The number of carbonyl (C=O) groups excluding carboxylic acids is 1. The maximum atomic E-state index is 13.3. The number of nitro benzene ring substituents is 1. The van der Waals surface area contributed by atoms with Gasteiger partial charge in [0.25, 0.3) is 15.7 Å². The molecule has 0 radical (unpaired) electrons. The minimum absolute atomic E-state index is 0.0207. The summed E-state index contributed by atoms with van der Waals surface area (Å²) in [6.45, 7) is 1.07. The Morgan fingerprint density at radius 2 is 1.72 bits per heavy atom. The summed E-state index contributed by atoms with van der Waals surface area (Å²) < 4.78 is 40.5. The first-order chi connectivity index (χ1) is 15.2. The van der Waals surface area contributed by atoms with Crippen molar-refractivity contribution in [3.05, 3.63) is 100 Å². The van der Waals surface area contributed by atoms with Gasteiger partial charge < -0.3 is 5.32 Å². The third-order valence-corrected chi connectivity index (χ3v) is 6.48. The maximum Gasteiger partial charge on any atom is 0.271 e. The number of nitro groups is 1. The highest BCUT2D eigenvalue weighted by Gasteiger charge is 2.28. The molecule has 0 heterocycles. The van der Waals surface area contributed by atoms with Crippen molar-refractivity contribution in [1.82, 2.24) is 5.32 Å². The van der Waals surface area contributed by atoms with Gasteiger partial charge in [0.1, 0.15) is 12.4 Å². The second kappa shape index (κ2) is 9.56. The molecule has 0 spiro atoms. The molecule has 0 bridgehead atoms. The van der Waals surface area contributed by atoms with E-state index >= 15 is 0 Å². The molecule has 0 aliphatic rings. The number of hydrogen-bond donors (Lipinski definition) is 1. The summed E-state index contributed by atoms with van der Waals surface area (Å²) in [4.78, 5) is 23.2. The van der Waals surface area contributed by atoms with Crippen molar-refractivity contribution in [3.8, 4) is 0 Å². The Morgan fingerprint density at radius 1 is 1.06 bits per heavy atom. The van der Waals surface area contributed by atoms with Crippen LogP contribution in [-0.2, 0) is 14.8 Å². The van der Waals surface area contributed by atoms with Gasteiger partial charge >= 0.3 is 0 Å². The van der Waals surface area contributed by atoms with Gasteiger partial charge in [0.05, 0.1) is 21.5 Å². The van der Waals surface area contributed by atoms with Gasteiger partial charge in [0, 0.05) is 12.1 Å². The van der Waals surface area contributed by atoms with Gasteiger partial charge in [-0.3, -0.25) is 19.2 Å². The van der Waals surface area contributed by atoms with Crippen LogP contribution in [0.5, 0.6) is 0 Å². The normalized spacial score (nSPS) is 12.1. The summed E-state index contributed by atoms with van der Waals surface area (Å²) in [5, 5.41) is 13.9. The van der Waals surface area contributed by atoms with Crippen molar-refractivity contribution in [2.75, 3.05) is 10.8 Å². The average molecular weight is 457 g/mol. The van der Waals surface area contributed by atoms with Gasteiger partial charge in [-0.05, 0) is 42.8 Å². The lowest BCUT2D eigenvalue weighted by atomic mass is 10.1. The highest BCUT2D eigenvalue weighted by molar-refractivity contribution is 7.92. The fourth-order valence-electron chi connectivity index (χ4n) is 3.05. The quantitative estimate of drug-likeness (QED) is 0.409.